The molecule has 1 heterocycles. The molecule has 0 radical (unpaired) electrons. The summed E-state index contributed by atoms with van der Waals surface area (Å²) in [5.74, 6) is 0.0836. The Balaban J connectivity index is 2.22. The summed E-state index contributed by atoms with van der Waals surface area (Å²) in [7, 11) is 0. The molecule has 1 N–H and O–H groups in total. The van der Waals surface area contributed by atoms with Crippen molar-refractivity contribution < 1.29 is 4.79 Å². The molecule has 0 bridgehead atoms. The largest absolute Gasteiger partial charge is 0.356 e. The highest BCUT2D eigenvalue weighted by Crippen LogP contribution is 2.05. The fourth-order valence-electron chi connectivity index (χ4n) is 0.955. The van der Waals surface area contributed by atoms with Gasteiger partial charge in [0.1, 0.15) is 0 Å². The lowest BCUT2D eigenvalue weighted by Crippen LogP contribution is -2.25. The molecule has 1 amide bonds. The Morgan fingerprint density at radius 2 is 2.54 bits per heavy atom. The van der Waals surface area contributed by atoms with Gasteiger partial charge in [0.25, 0.3) is 0 Å². The fraction of sp³-hybridized carbons (Fsp3) is 0.300. The molecule has 0 saturated carbocycles. The highest BCUT2D eigenvalue weighted by atomic mass is 32.1. The standard InChI is InChI=1S/C10H13NOS/c1-2-3-5-11-10(12)7-9-4-6-13-8-9/h2,4,6,8H,1,3,5,7H2,(H,11,12). The molecule has 0 saturated heterocycles. The maximum Gasteiger partial charge on any atom is 0.224 e. The minimum absolute atomic E-state index is 0.0836. The molecule has 0 aliphatic carbocycles. The van der Waals surface area contributed by atoms with E-state index < -0.39 is 0 Å². The van der Waals surface area contributed by atoms with Crippen LogP contribution in [0.1, 0.15) is 12.0 Å². The number of hydrogen-bond acceptors (Lipinski definition) is 2. The van der Waals surface area contributed by atoms with E-state index >= 15 is 0 Å². The van der Waals surface area contributed by atoms with Crippen LogP contribution < -0.4 is 5.32 Å². The van der Waals surface area contributed by atoms with E-state index in [2.05, 4.69) is 11.9 Å². The molecule has 1 aromatic heterocycles. The third-order valence-corrected chi connectivity index (χ3v) is 2.35. The number of carbonyl (C=O) groups excluding carboxylic acids is 1. The van der Waals surface area contributed by atoms with E-state index in [4.69, 9.17) is 0 Å². The molecule has 0 unspecified atom stereocenters. The average molecular weight is 195 g/mol. The van der Waals surface area contributed by atoms with Gasteiger partial charge in [-0.25, -0.2) is 0 Å². The van der Waals surface area contributed by atoms with Gasteiger partial charge in [0.15, 0.2) is 0 Å². The number of thiophene rings is 1. The van der Waals surface area contributed by atoms with Crippen molar-refractivity contribution in [2.75, 3.05) is 6.54 Å². The number of rotatable bonds is 5. The van der Waals surface area contributed by atoms with Gasteiger partial charge >= 0.3 is 0 Å². The number of amides is 1. The molecular formula is C10H13NOS. The topological polar surface area (TPSA) is 29.1 Å². The van der Waals surface area contributed by atoms with Crippen molar-refractivity contribution in [2.45, 2.75) is 12.8 Å². The quantitative estimate of drug-likeness (QED) is 0.565. The van der Waals surface area contributed by atoms with Crippen molar-refractivity contribution in [1.29, 1.82) is 0 Å². The third-order valence-electron chi connectivity index (χ3n) is 1.62. The second-order valence-electron chi connectivity index (χ2n) is 2.74. The number of nitrogens with one attached hydrogen (secondary N) is 1. The second kappa shape index (κ2) is 5.54. The first-order valence-electron chi connectivity index (χ1n) is 4.21. The summed E-state index contributed by atoms with van der Waals surface area (Å²) >= 11 is 1.61. The van der Waals surface area contributed by atoms with E-state index in [0.717, 1.165) is 12.0 Å². The van der Waals surface area contributed by atoms with Gasteiger partial charge in [0.2, 0.25) is 5.91 Å². The summed E-state index contributed by atoms with van der Waals surface area (Å²) in [4.78, 5) is 11.2. The molecule has 1 aromatic rings. The van der Waals surface area contributed by atoms with Gasteiger partial charge in [-0.3, -0.25) is 4.79 Å². The van der Waals surface area contributed by atoms with Crippen molar-refractivity contribution in [1.82, 2.24) is 5.32 Å². The summed E-state index contributed by atoms with van der Waals surface area (Å²) in [6.45, 7) is 4.27. The fourth-order valence-corrected chi connectivity index (χ4v) is 1.62. The smallest absolute Gasteiger partial charge is 0.224 e. The van der Waals surface area contributed by atoms with Crippen LogP contribution in [0.25, 0.3) is 0 Å². The van der Waals surface area contributed by atoms with Gasteiger partial charge in [0, 0.05) is 6.54 Å². The Kier molecular flexibility index (Phi) is 4.26. The van der Waals surface area contributed by atoms with E-state index in [9.17, 15) is 4.79 Å². The Morgan fingerprint density at radius 3 is 3.15 bits per heavy atom. The van der Waals surface area contributed by atoms with Crippen molar-refractivity contribution in [2.24, 2.45) is 0 Å². The zero-order valence-electron chi connectivity index (χ0n) is 7.45. The van der Waals surface area contributed by atoms with Crippen LogP contribution in [0.15, 0.2) is 29.5 Å². The lowest BCUT2D eigenvalue weighted by atomic mass is 10.2. The van der Waals surface area contributed by atoms with E-state index in [1.54, 1.807) is 17.4 Å². The van der Waals surface area contributed by atoms with Crippen molar-refractivity contribution in [3.8, 4) is 0 Å². The van der Waals surface area contributed by atoms with E-state index in [1.807, 2.05) is 16.8 Å². The first kappa shape index (κ1) is 9.99. The van der Waals surface area contributed by atoms with E-state index in [0.29, 0.717) is 13.0 Å². The molecule has 0 atom stereocenters. The monoisotopic (exact) mass is 195 g/mol. The maximum atomic E-state index is 11.2. The summed E-state index contributed by atoms with van der Waals surface area (Å²) in [5, 5.41) is 6.79. The van der Waals surface area contributed by atoms with Gasteiger partial charge in [-0.2, -0.15) is 11.3 Å². The van der Waals surface area contributed by atoms with Crippen LogP contribution in [-0.2, 0) is 11.2 Å². The van der Waals surface area contributed by atoms with Crippen LogP contribution in [0.2, 0.25) is 0 Å². The molecule has 0 spiro atoms. The molecule has 0 aromatic carbocycles. The summed E-state index contributed by atoms with van der Waals surface area (Å²) < 4.78 is 0. The van der Waals surface area contributed by atoms with Gasteiger partial charge < -0.3 is 5.32 Å². The normalized spacial score (nSPS) is 9.54. The summed E-state index contributed by atoms with van der Waals surface area (Å²) in [6.07, 6.45) is 3.11. The highest BCUT2D eigenvalue weighted by Gasteiger charge is 2.01. The van der Waals surface area contributed by atoms with Crippen molar-refractivity contribution in [3.05, 3.63) is 35.0 Å². The van der Waals surface area contributed by atoms with Crippen LogP contribution in [0.3, 0.4) is 0 Å². The van der Waals surface area contributed by atoms with Gasteiger partial charge in [-0.15, -0.1) is 6.58 Å². The average Bonchev–Trinajstić information content (AvgIpc) is 2.57. The molecule has 3 heteroatoms. The van der Waals surface area contributed by atoms with Gasteiger partial charge in [-0.05, 0) is 28.8 Å². The first-order chi connectivity index (χ1) is 6.33. The van der Waals surface area contributed by atoms with Crippen molar-refractivity contribution in [3.63, 3.8) is 0 Å². The minimum Gasteiger partial charge on any atom is -0.356 e. The molecule has 70 valence electrons. The third kappa shape index (κ3) is 3.90. The lowest BCUT2D eigenvalue weighted by molar-refractivity contribution is -0.120. The van der Waals surface area contributed by atoms with Crippen LogP contribution in [0.4, 0.5) is 0 Å². The van der Waals surface area contributed by atoms with E-state index in [1.165, 1.54) is 0 Å². The molecule has 0 aliphatic heterocycles. The van der Waals surface area contributed by atoms with Gasteiger partial charge in [0.05, 0.1) is 6.42 Å². The highest BCUT2D eigenvalue weighted by molar-refractivity contribution is 7.07. The maximum absolute atomic E-state index is 11.2. The summed E-state index contributed by atoms with van der Waals surface area (Å²) in [5.41, 5.74) is 1.08. The number of hydrogen-bond donors (Lipinski definition) is 1. The molecule has 2 nitrogen and oxygen atoms in total. The Bertz CT molecular complexity index is 266. The summed E-state index contributed by atoms with van der Waals surface area (Å²) in [6, 6.07) is 1.97. The second-order valence-corrected chi connectivity index (χ2v) is 3.52. The first-order valence-corrected chi connectivity index (χ1v) is 5.16. The van der Waals surface area contributed by atoms with Crippen LogP contribution in [0, 0.1) is 0 Å². The lowest BCUT2D eigenvalue weighted by Gasteiger charge is -2.01. The van der Waals surface area contributed by atoms with Crippen LogP contribution >= 0.6 is 11.3 Å². The van der Waals surface area contributed by atoms with Crippen LogP contribution in [-0.4, -0.2) is 12.5 Å². The molecule has 13 heavy (non-hydrogen) atoms. The molecular weight excluding hydrogens is 182 g/mol. The Hall–Kier alpha value is -1.09. The van der Waals surface area contributed by atoms with Gasteiger partial charge in [-0.1, -0.05) is 6.08 Å². The predicted molar refractivity (Wildman–Crippen MR) is 55.8 cm³/mol. The molecule has 0 aliphatic rings. The number of carbonyl (C=O) groups is 1. The Morgan fingerprint density at radius 1 is 1.69 bits per heavy atom. The molecule has 1 rings (SSSR count). The zero-order valence-corrected chi connectivity index (χ0v) is 8.27. The van der Waals surface area contributed by atoms with E-state index in [-0.39, 0.29) is 5.91 Å². The molecule has 0 fully saturated rings. The predicted octanol–water partition coefficient (Wildman–Crippen LogP) is 1.98. The SMILES string of the molecule is C=CCCNC(=O)Cc1ccsc1. The Labute approximate surface area is 82.3 Å². The zero-order chi connectivity index (χ0) is 9.52. The van der Waals surface area contributed by atoms with Crippen LogP contribution in [0.5, 0.6) is 0 Å². The van der Waals surface area contributed by atoms with Crippen molar-refractivity contribution >= 4 is 17.2 Å². The minimum atomic E-state index is 0.0836.